The minimum Gasteiger partial charge on any atom is -0.370 e. The fourth-order valence-corrected chi connectivity index (χ4v) is 1.59. The SMILES string of the molecule is CSc1cnc(NCC(CN)CC(N)=O)nc1.Cl.Cl. The zero-order chi connectivity index (χ0) is 12.7. The summed E-state index contributed by atoms with van der Waals surface area (Å²) < 4.78 is 0. The number of hydrogen-bond donors (Lipinski definition) is 3. The summed E-state index contributed by atoms with van der Waals surface area (Å²) in [5.74, 6) is 0.197. The van der Waals surface area contributed by atoms with Crippen LogP contribution in [0, 0.1) is 5.92 Å². The number of nitrogens with one attached hydrogen (secondary N) is 1. The minimum absolute atomic E-state index is 0. The Morgan fingerprint density at radius 1 is 1.42 bits per heavy atom. The van der Waals surface area contributed by atoms with Gasteiger partial charge in [-0.15, -0.1) is 36.6 Å². The van der Waals surface area contributed by atoms with Crippen LogP contribution in [0.4, 0.5) is 5.95 Å². The van der Waals surface area contributed by atoms with Gasteiger partial charge in [-0.05, 0) is 18.7 Å². The lowest BCUT2D eigenvalue weighted by molar-refractivity contribution is -0.118. The predicted molar refractivity (Wildman–Crippen MR) is 83.2 cm³/mol. The van der Waals surface area contributed by atoms with Crippen LogP contribution in [0.25, 0.3) is 0 Å². The molecule has 6 nitrogen and oxygen atoms in total. The molecule has 0 aliphatic carbocycles. The van der Waals surface area contributed by atoms with Crippen LogP contribution in [-0.4, -0.2) is 35.2 Å². The van der Waals surface area contributed by atoms with E-state index in [9.17, 15) is 4.79 Å². The number of nitrogens with zero attached hydrogens (tertiary/aromatic N) is 2. The van der Waals surface area contributed by atoms with Crippen molar-refractivity contribution in [3.8, 4) is 0 Å². The first-order chi connectivity index (χ1) is 8.15. The van der Waals surface area contributed by atoms with Gasteiger partial charge in [-0.1, -0.05) is 0 Å². The average molecular weight is 328 g/mol. The van der Waals surface area contributed by atoms with Gasteiger partial charge in [0, 0.05) is 30.3 Å². The highest BCUT2D eigenvalue weighted by Gasteiger charge is 2.10. The van der Waals surface area contributed by atoms with Crippen LogP contribution in [0.3, 0.4) is 0 Å². The molecule has 0 radical (unpaired) electrons. The normalized spacial score (nSPS) is 10.8. The lowest BCUT2D eigenvalue weighted by Crippen LogP contribution is -2.28. The standard InChI is InChI=1S/C10H17N5OS.2ClH/c1-17-8-5-14-10(15-6-8)13-4-7(3-11)2-9(12)16;;/h5-7H,2-4,11H2,1H3,(H2,12,16)(H,13,14,15);2*1H. The number of primary amides is 1. The zero-order valence-electron chi connectivity index (χ0n) is 10.5. The molecular formula is C10H19Cl2N5OS. The van der Waals surface area contributed by atoms with Gasteiger partial charge in [-0.25, -0.2) is 9.97 Å². The Labute approximate surface area is 129 Å². The number of anilines is 1. The molecule has 0 spiro atoms. The quantitative estimate of drug-likeness (QED) is 0.642. The van der Waals surface area contributed by atoms with Crippen molar-refractivity contribution in [1.29, 1.82) is 0 Å². The van der Waals surface area contributed by atoms with Crippen LogP contribution < -0.4 is 16.8 Å². The van der Waals surface area contributed by atoms with Crippen molar-refractivity contribution in [3.05, 3.63) is 12.4 Å². The molecule has 9 heteroatoms. The molecule has 110 valence electrons. The van der Waals surface area contributed by atoms with Gasteiger partial charge in [0.1, 0.15) is 0 Å². The second-order valence-electron chi connectivity index (χ2n) is 3.60. The van der Waals surface area contributed by atoms with Crippen LogP contribution in [0.1, 0.15) is 6.42 Å². The molecule has 0 saturated carbocycles. The van der Waals surface area contributed by atoms with Crippen molar-refractivity contribution < 1.29 is 4.79 Å². The number of aromatic nitrogens is 2. The van der Waals surface area contributed by atoms with Crippen LogP contribution in [0.5, 0.6) is 0 Å². The van der Waals surface area contributed by atoms with E-state index < -0.39 is 0 Å². The van der Waals surface area contributed by atoms with E-state index in [2.05, 4.69) is 15.3 Å². The van der Waals surface area contributed by atoms with E-state index in [0.29, 0.717) is 19.0 Å². The Balaban J connectivity index is 0. The van der Waals surface area contributed by atoms with Crippen LogP contribution in [0.15, 0.2) is 17.3 Å². The summed E-state index contributed by atoms with van der Waals surface area (Å²) in [6.07, 6.45) is 5.71. The first-order valence-electron chi connectivity index (χ1n) is 5.24. The number of carbonyl (C=O) groups is 1. The molecule has 0 bridgehead atoms. The summed E-state index contributed by atoms with van der Waals surface area (Å²) in [5.41, 5.74) is 10.7. The largest absolute Gasteiger partial charge is 0.370 e. The van der Waals surface area contributed by atoms with Crippen LogP contribution >= 0.6 is 36.6 Å². The zero-order valence-corrected chi connectivity index (χ0v) is 13.0. The second kappa shape index (κ2) is 11.1. The monoisotopic (exact) mass is 327 g/mol. The maximum atomic E-state index is 10.8. The molecule has 0 aromatic carbocycles. The number of amides is 1. The van der Waals surface area contributed by atoms with Crippen molar-refractivity contribution >= 4 is 48.4 Å². The van der Waals surface area contributed by atoms with Crippen molar-refractivity contribution in [2.45, 2.75) is 11.3 Å². The number of nitrogens with two attached hydrogens (primary N) is 2. The van der Waals surface area contributed by atoms with Crippen molar-refractivity contribution in [2.24, 2.45) is 17.4 Å². The molecule has 1 atom stereocenters. The molecule has 1 aromatic rings. The van der Waals surface area contributed by atoms with E-state index >= 15 is 0 Å². The summed E-state index contributed by atoms with van der Waals surface area (Å²) >= 11 is 1.58. The summed E-state index contributed by atoms with van der Waals surface area (Å²) in [4.78, 5) is 20.0. The number of carbonyl (C=O) groups excluding carboxylic acids is 1. The van der Waals surface area contributed by atoms with Crippen LogP contribution in [0.2, 0.25) is 0 Å². The van der Waals surface area contributed by atoms with E-state index in [1.807, 2.05) is 6.26 Å². The highest BCUT2D eigenvalue weighted by Crippen LogP contribution is 2.12. The fraction of sp³-hybridized carbons (Fsp3) is 0.500. The summed E-state index contributed by atoms with van der Waals surface area (Å²) in [6, 6.07) is 0. The molecule has 0 saturated heterocycles. The molecule has 1 rings (SSSR count). The molecule has 1 amide bonds. The van der Waals surface area contributed by atoms with E-state index in [-0.39, 0.29) is 43.1 Å². The molecule has 1 heterocycles. The average Bonchev–Trinajstić information content (AvgIpc) is 2.34. The third-order valence-corrected chi connectivity index (χ3v) is 2.92. The van der Waals surface area contributed by atoms with Gasteiger partial charge >= 0.3 is 0 Å². The lowest BCUT2D eigenvalue weighted by atomic mass is 10.1. The van der Waals surface area contributed by atoms with Gasteiger partial charge < -0.3 is 16.8 Å². The van der Waals surface area contributed by atoms with Crippen molar-refractivity contribution in [1.82, 2.24) is 9.97 Å². The number of rotatable bonds is 7. The van der Waals surface area contributed by atoms with E-state index in [4.69, 9.17) is 11.5 Å². The highest BCUT2D eigenvalue weighted by atomic mass is 35.5. The van der Waals surface area contributed by atoms with Gasteiger partial charge in [0.15, 0.2) is 0 Å². The molecular weight excluding hydrogens is 309 g/mol. The molecule has 19 heavy (non-hydrogen) atoms. The molecule has 0 aliphatic heterocycles. The van der Waals surface area contributed by atoms with Gasteiger partial charge in [0.05, 0.1) is 0 Å². The van der Waals surface area contributed by atoms with Crippen molar-refractivity contribution in [2.75, 3.05) is 24.7 Å². The first-order valence-corrected chi connectivity index (χ1v) is 6.46. The first kappa shape index (κ1) is 20.6. The summed E-state index contributed by atoms with van der Waals surface area (Å²) in [6.45, 7) is 0.941. The number of halogens is 2. The molecule has 1 unspecified atom stereocenters. The van der Waals surface area contributed by atoms with E-state index in [0.717, 1.165) is 4.90 Å². The second-order valence-corrected chi connectivity index (χ2v) is 4.48. The number of thioether (sulfide) groups is 1. The third-order valence-electron chi connectivity index (χ3n) is 2.24. The van der Waals surface area contributed by atoms with Gasteiger partial charge in [0.25, 0.3) is 0 Å². The van der Waals surface area contributed by atoms with Gasteiger partial charge in [0.2, 0.25) is 11.9 Å². The Morgan fingerprint density at radius 3 is 2.42 bits per heavy atom. The molecule has 1 aromatic heterocycles. The van der Waals surface area contributed by atoms with Gasteiger partial charge in [-0.3, -0.25) is 4.79 Å². The fourth-order valence-electron chi connectivity index (χ4n) is 1.27. The Hall–Kier alpha value is -0.760. The summed E-state index contributed by atoms with van der Waals surface area (Å²) in [5, 5.41) is 3.03. The Morgan fingerprint density at radius 2 is 2.00 bits per heavy atom. The minimum atomic E-state index is -0.346. The third kappa shape index (κ3) is 8.10. The Bertz CT molecular complexity index is 365. The maximum Gasteiger partial charge on any atom is 0.222 e. The van der Waals surface area contributed by atoms with Gasteiger partial charge in [-0.2, -0.15) is 0 Å². The summed E-state index contributed by atoms with van der Waals surface area (Å²) in [7, 11) is 0. The Kier molecular flexibility index (Phi) is 12.0. The predicted octanol–water partition coefficient (Wildman–Crippen LogP) is 0.904. The molecule has 0 fully saturated rings. The van der Waals surface area contributed by atoms with Crippen molar-refractivity contribution in [3.63, 3.8) is 0 Å². The topological polar surface area (TPSA) is 107 Å². The van der Waals surface area contributed by atoms with E-state index in [1.54, 1.807) is 24.2 Å². The molecule has 0 aliphatic rings. The van der Waals surface area contributed by atoms with Crippen LogP contribution in [-0.2, 0) is 4.79 Å². The molecule has 5 N–H and O–H groups in total. The smallest absolute Gasteiger partial charge is 0.222 e. The maximum absolute atomic E-state index is 10.8. The highest BCUT2D eigenvalue weighted by molar-refractivity contribution is 7.98. The lowest BCUT2D eigenvalue weighted by Gasteiger charge is -2.13. The number of hydrogen-bond acceptors (Lipinski definition) is 6. The van der Waals surface area contributed by atoms with E-state index in [1.165, 1.54) is 0 Å².